The lowest BCUT2D eigenvalue weighted by Gasteiger charge is -2.09. The second-order valence-electron chi connectivity index (χ2n) is 3.58. The van der Waals surface area contributed by atoms with E-state index in [0.717, 1.165) is 5.69 Å². The number of anilines is 1. The highest BCUT2D eigenvalue weighted by molar-refractivity contribution is 8.04. The number of benzene rings is 1. The van der Waals surface area contributed by atoms with Crippen molar-refractivity contribution in [2.75, 3.05) is 18.1 Å². The fourth-order valence-electron chi connectivity index (χ4n) is 1.40. The summed E-state index contributed by atoms with van der Waals surface area (Å²) in [6.45, 7) is 0. The Labute approximate surface area is 104 Å². The summed E-state index contributed by atoms with van der Waals surface area (Å²) in [5.41, 5.74) is 0.742. The van der Waals surface area contributed by atoms with Crippen LogP contribution in [0.4, 0.5) is 5.69 Å². The lowest BCUT2D eigenvalue weighted by molar-refractivity contribution is -0.124. The number of amides is 2. The van der Waals surface area contributed by atoms with Crippen LogP contribution in [0.5, 0.6) is 0 Å². The first-order valence-electron chi connectivity index (χ1n) is 5.14. The van der Waals surface area contributed by atoms with Crippen molar-refractivity contribution in [3.05, 3.63) is 41.4 Å². The van der Waals surface area contributed by atoms with Gasteiger partial charge in [0.2, 0.25) is 5.91 Å². The quantitative estimate of drug-likeness (QED) is 0.810. The van der Waals surface area contributed by atoms with Gasteiger partial charge in [-0.15, -0.1) is 0 Å². The third kappa shape index (κ3) is 2.88. The maximum Gasteiger partial charge on any atom is 0.251 e. The van der Waals surface area contributed by atoms with Crippen molar-refractivity contribution < 1.29 is 9.59 Å². The average molecular weight is 248 g/mol. The topological polar surface area (TPSA) is 49.4 Å². The molecule has 4 nitrogen and oxygen atoms in total. The summed E-state index contributed by atoms with van der Waals surface area (Å²) >= 11 is 1.37. The van der Waals surface area contributed by atoms with Crippen molar-refractivity contribution in [3.8, 4) is 0 Å². The molecule has 0 aliphatic carbocycles. The molecule has 1 fully saturated rings. The number of hydrogen-bond acceptors (Lipinski definition) is 3. The van der Waals surface area contributed by atoms with Crippen LogP contribution in [0.15, 0.2) is 41.4 Å². The van der Waals surface area contributed by atoms with E-state index in [4.69, 9.17) is 0 Å². The third-order valence-corrected chi connectivity index (χ3v) is 3.42. The summed E-state index contributed by atoms with van der Waals surface area (Å²) in [6, 6.07) is 9.21. The summed E-state index contributed by atoms with van der Waals surface area (Å²) in [5, 5.41) is 3.42. The first kappa shape index (κ1) is 11.7. The van der Waals surface area contributed by atoms with Gasteiger partial charge in [0.25, 0.3) is 5.91 Å². The van der Waals surface area contributed by atoms with Crippen LogP contribution >= 0.6 is 11.8 Å². The summed E-state index contributed by atoms with van der Waals surface area (Å²) in [7, 11) is 1.67. The Morgan fingerprint density at radius 2 is 2.12 bits per heavy atom. The molecule has 0 unspecified atom stereocenters. The molecule has 2 rings (SSSR count). The minimum absolute atomic E-state index is 0.0220. The Balaban J connectivity index is 2.03. The molecular formula is C12H12N2O2S. The molecule has 17 heavy (non-hydrogen) atoms. The van der Waals surface area contributed by atoms with E-state index in [-0.39, 0.29) is 11.8 Å². The van der Waals surface area contributed by atoms with Crippen molar-refractivity contribution in [2.24, 2.45) is 0 Å². The summed E-state index contributed by atoms with van der Waals surface area (Å²) < 4.78 is 0. The van der Waals surface area contributed by atoms with E-state index in [9.17, 15) is 9.59 Å². The van der Waals surface area contributed by atoms with Gasteiger partial charge in [-0.2, -0.15) is 0 Å². The van der Waals surface area contributed by atoms with Gasteiger partial charge < -0.3 is 10.2 Å². The number of nitrogens with one attached hydrogen (secondary N) is 1. The van der Waals surface area contributed by atoms with E-state index in [2.05, 4.69) is 5.32 Å². The van der Waals surface area contributed by atoms with Gasteiger partial charge >= 0.3 is 0 Å². The molecule has 1 aromatic carbocycles. The van der Waals surface area contributed by atoms with E-state index in [0.29, 0.717) is 10.8 Å². The Bertz CT molecular complexity index is 471. The van der Waals surface area contributed by atoms with E-state index in [1.807, 2.05) is 30.3 Å². The molecule has 0 aromatic heterocycles. The zero-order chi connectivity index (χ0) is 12.3. The summed E-state index contributed by atoms with van der Waals surface area (Å²) in [4.78, 5) is 24.4. The molecule has 0 spiro atoms. The number of nitrogens with zero attached hydrogens (tertiary/aromatic N) is 1. The second-order valence-corrected chi connectivity index (χ2v) is 4.57. The predicted molar refractivity (Wildman–Crippen MR) is 68.4 cm³/mol. The highest BCUT2D eigenvalue weighted by Gasteiger charge is 2.23. The van der Waals surface area contributed by atoms with E-state index >= 15 is 0 Å². The molecule has 1 heterocycles. The van der Waals surface area contributed by atoms with Gasteiger partial charge in [-0.1, -0.05) is 30.0 Å². The monoisotopic (exact) mass is 248 g/mol. The number of hydrogen-bond donors (Lipinski definition) is 1. The lowest BCUT2D eigenvalue weighted by Crippen LogP contribution is -2.20. The van der Waals surface area contributed by atoms with Gasteiger partial charge in [0.05, 0.1) is 10.8 Å². The van der Waals surface area contributed by atoms with Crippen molar-refractivity contribution in [3.63, 3.8) is 0 Å². The van der Waals surface area contributed by atoms with Gasteiger partial charge in [-0.05, 0) is 12.1 Å². The summed E-state index contributed by atoms with van der Waals surface area (Å²) in [6.07, 6.45) is 1.45. The van der Waals surface area contributed by atoms with E-state index in [1.54, 1.807) is 7.05 Å². The number of para-hydroxylation sites is 1. The standard InChI is InChI=1S/C12H12N2O2S/c1-14-11(16)8-17-12(14)7-10(15)13-9-5-3-2-4-6-9/h2-7H,8H2,1H3,(H,13,15)/b12-7-. The lowest BCUT2D eigenvalue weighted by atomic mass is 10.3. The fourth-order valence-corrected chi connectivity index (χ4v) is 2.35. The van der Waals surface area contributed by atoms with E-state index in [1.165, 1.54) is 22.7 Å². The van der Waals surface area contributed by atoms with Gasteiger partial charge in [-0.3, -0.25) is 9.59 Å². The largest absolute Gasteiger partial charge is 0.322 e. The van der Waals surface area contributed by atoms with Crippen LogP contribution in [0.1, 0.15) is 0 Å². The predicted octanol–water partition coefficient (Wildman–Crippen LogP) is 1.67. The third-order valence-electron chi connectivity index (χ3n) is 2.34. The van der Waals surface area contributed by atoms with Crippen LogP contribution in [0, 0.1) is 0 Å². The maximum absolute atomic E-state index is 11.7. The molecule has 0 atom stereocenters. The molecule has 1 aliphatic rings. The number of carbonyl (C=O) groups is 2. The second kappa shape index (κ2) is 5.05. The zero-order valence-corrected chi connectivity index (χ0v) is 10.2. The molecule has 1 N–H and O–H groups in total. The van der Waals surface area contributed by atoms with Crippen molar-refractivity contribution in [1.82, 2.24) is 4.90 Å². The fraction of sp³-hybridized carbons (Fsp3) is 0.167. The van der Waals surface area contributed by atoms with Gasteiger partial charge in [0.1, 0.15) is 0 Å². The Kier molecular flexibility index (Phi) is 3.49. The molecular weight excluding hydrogens is 236 g/mol. The van der Waals surface area contributed by atoms with Crippen LogP contribution in [0.3, 0.4) is 0 Å². The molecule has 1 aromatic rings. The first-order valence-corrected chi connectivity index (χ1v) is 6.12. The van der Waals surface area contributed by atoms with Gasteiger partial charge in [0, 0.05) is 18.8 Å². The Hall–Kier alpha value is -1.75. The van der Waals surface area contributed by atoms with Crippen LogP contribution in [0.2, 0.25) is 0 Å². The minimum atomic E-state index is -0.222. The number of thioether (sulfide) groups is 1. The van der Waals surface area contributed by atoms with Crippen molar-refractivity contribution in [2.45, 2.75) is 0 Å². The molecule has 88 valence electrons. The zero-order valence-electron chi connectivity index (χ0n) is 9.34. The van der Waals surface area contributed by atoms with Crippen molar-refractivity contribution >= 4 is 29.3 Å². The van der Waals surface area contributed by atoms with E-state index < -0.39 is 0 Å². The normalized spacial score (nSPS) is 17.6. The highest BCUT2D eigenvalue weighted by Crippen LogP contribution is 2.26. The SMILES string of the molecule is CN1C(=O)CS/C1=C\C(=O)Nc1ccccc1. The molecule has 1 saturated heterocycles. The van der Waals surface area contributed by atoms with Gasteiger partial charge in [0.15, 0.2) is 0 Å². The molecule has 1 aliphatic heterocycles. The average Bonchev–Trinajstić information content (AvgIpc) is 2.62. The number of rotatable bonds is 2. The summed E-state index contributed by atoms with van der Waals surface area (Å²) in [5.74, 6) is 0.204. The Morgan fingerprint density at radius 1 is 1.41 bits per heavy atom. The van der Waals surface area contributed by atoms with Crippen LogP contribution in [0.25, 0.3) is 0 Å². The molecule has 0 radical (unpaired) electrons. The molecule has 0 bridgehead atoms. The Morgan fingerprint density at radius 3 is 2.71 bits per heavy atom. The molecule has 2 amide bonds. The maximum atomic E-state index is 11.7. The van der Waals surface area contributed by atoms with Crippen LogP contribution in [-0.2, 0) is 9.59 Å². The smallest absolute Gasteiger partial charge is 0.251 e. The molecule has 0 saturated carbocycles. The minimum Gasteiger partial charge on any atom is -0.322 e. The van der Waals surface area contributed by atoms with Crippen LogP contribution < -0.4 is 5.32 Å². The first-order chi connectivity index (χ1) is 8.16. The van der Waals surface area contributed by atoms with Crippen molar-refractivity contribution in [1.29, 1.82) is 0 Å². The number of carbonyl (C=O) groups excluding carboxylic acids is 2. The van der Waals surface area contributed by atoms with Crippen LogP contribution in [-0.4, -0.2) is 29.5 Å². The highest BCUT2D eigenvalue weighted by atomic mass is 32.2. The van der Waals surface area contributed by atoms with Gasteiger partial charge in [-0.25, -0.2) is 0 Å². The molecule has 5 heteroatoms.